The number of amides is 1. The van der Waals surface area contributed by atoms with Crippen molar-refractivity contribution in [1.82, 2.24) is 4.90 Å². The third kappa shape index (κ3) is 4.49. The Bertz CT molecular complexity index is 1150. The molecule has 152 valence electrons. The van der Waals surface area contributed by atoms with Gasteiger partial charge in [-0.15, -0.1) is 0 Å². The SMILES string of the molecule is Cc1ccc(CN(C(=O)Cc2coc3ccc(Cl)cc23)C2CCS(=O)(=O)C2)cc1. The number of aryl methyl sites for hydroxylation is 1. The molecule has 1 unspecified atom stereocenters. The first-order chi connectivity index (χ1) is 13.8. The lowest BCUT2D eigenvalue weighted by atomic mass is 10.1. The predicted octanol–water partition coefficient (Wildman–Crippen LogP) is 4.15. The maximum atomic E-state index is 13.3. The first kappa shape index (κ1) is 20.0. The topological polar surface area (TPSA) is 67.6 Å². The molecule has 0 saturated carbocycles. The van der Waals surface area contributed by atoms with Crippen molar-refractivity contribution in [3.05, 3.63) is 70.4 Å². The number of carbonyl (C=O) groups excluding carboxylic acids is 1. The van der Waals surface area contributed by atoms with Crippen LogP contribution < -0.4 is 0 Å². The van der Waals surface area contributed by atoms with Crippen LogP contribution in [0.4, 0.5) is 0 Å². The van der Waals surface area contributed by atoms with Crippen molar-refractivity contribution in [3.8, 4) is 0 Å². The summed E-state index contributed by atoms with van der Waals surface area (Å²) in [7, 11) is -3.11. The van der Waals surface area contributed by atoms with Gasteiger partial charge in [-0.3, -0.25) is 4.79 Å². The van der Waals surface area contributed by atoms with Gasteiger partial charge in [-0.2, -0.15) is 0 Å². The summed E-state index contributed by atoms with van der Waals surface area (Å²) in [6.07, 6.45) is 2.18. The molecule has 0 radical (unpaired) electrons. The van der Waals surface area contributed by atoms with E-state index in [0.717, 1.165) is 22.1 Å². The fourth-order valence-electron chi connectivity index (χ4n) is 3.79. The molecule has 4 rings (SSSR count). The van der Waals surface area contributed by atoms with Crippen molar-refractivity contribution in [2.45, 2.75) is 32.4 Å². The molecule has 1 aliphatic heterocycles. The van der Waals surface area contributed by atoms with Crippen LogP contribution in [-0.4, -0.2) is 36.8 Å². The number of halogens is 1. The average Bonchev–Trinajstić information content (AvgIpc) is 3.23. The van der Waals surface area contributed by atoms with Gasteiger partial charge in [0.25, 0.3) is 0 Å². The maximum Gasteiger partial charge on any atom is 0.227 e. The normalized spacial score (nSPS) is 18.2. The van der Waals surface area contributed by atoms with E-state index in [0.29, 0.717) is 23.6 Å². The fraction of sp³-hybridized carbons (Fsp3) is 0.318. The van der Waals surface area contributed by atoms with Gasteiger partial charge in [0.15, 0.2) is 9.84 Å². The molecule has 2 aromatic carbocycles. The largest absolute Gasteiger partial charge is 0.464 e. The number of sulfone groups is 1. The summed E-state index contributed by atoms with van der Waals surface area (Å²) in [5.74, 6) is 0.0256. The van der Waals surface area contributed by atoms with Gasteiger partial charge in [-0.05, 0) is 37.1 Å². The maximum absolute atomic E-state index is 13.3. The highest BCUT2D eigenvalue weighted by Gasteiger charge is 2.34. The Morgan fingerprint density at radius 3 is 2.66 bits per heavy atom. The minimum absolute atomic E-state index is 0.0164. The summed E-state index contributed by atoms with van der Waals surface area (Å²) in [4.78, 5) is 15.0. The summed E-state index contributed by atoms with van der Waals surface area (Å²) in [5, 5.41) is 1.38. The summed E-state index contributed by atoms with van der Waals surface area (Å²) < 4.78 is 29.6. The van der Waals surface area contributed by atoms with Gasteiger partial charge in [0.05, 0.1) is 24.2 Å². The Hall–Kier alpha value is -2.31. The molecule has 1 amide bonds. The molecule has 29 heavy (non-hydrogen) atoms. The zero-order valence-corrected chi connectivity index (χ0v) is 17.7. The third-order valence-electron chi connectivity index (χ3n) is 5.40. The highest BCUT2D eigenvalue weighted by Crippen LogP contribution is 2.27. The fourth-order valence-corrected chi connectivity index (χ4v) is 5.69. The first-order valence-electron chi connectivity index (χ1n) is 9.52. The van der Waals surface area contributed by atoms with Crippen molar-refractivity contribution in [2.24, 2.45) is 0 Å². The van der Waals surface area contributed by atoms with Gasteiger partial charge in [0.1, 0.15) is 5.58 Å². The zero-order valence-electron chi connectivity index (χ0n) is 16.1. The molecule has 1 saturated heterocycles. The van der Waals surface area contributed by atoms with E-state index in [-0.39, 0.29) is 29.9 Å². The lowest BCUT2D eigenvalue weighted by Crippen LogP contribution is -2.41. The molecule has 5 nitrogen and oxygen atoms in total. The monoisotopic (exact) mass is 431 g/mol. The second-order valence-electron chi connectivity index (χ2n) is 7.64. The first-order valence-corrected chi connectivity index (χ1v) is 11.7. The second kappa shape index (κ2) is 7.84. The molecule has 2 heterocycles. The molecule has 3 aromatic rings. The van der Waals surface area contributed by atoms with Crippen LogP contribution in [0.5, 0.6) is 0 Å². The van der Waals surface area contributed by atoms with E-state index in [2.05, 4.69) is 0 Å². The van der Waals surface area contributed by atoms with Crippen molar-refractivity contribution < 1.29 is 17.6 Å². The zero-order chi connectivity index (χ0) is 20.6. The number of rotatable bonds is 5. The quantitative estimate of drug-likeness (QED) is 0.608. The number of benzene rings is 2. The predicted molar refractivity (Wildman–Crippen MR) is 114 cm³/mol. The molecule has 0 aliphatic carbocycles. The van der Waals surface area contributed by atoms with Crippen LogP contribution >= 0.6 is 11.6 Å². The Morgan fingerprint density at radius 2 is 1.97 bits per heavy atom. The third-order valence-corrected chi connectivity index (χ3v) is 7.39. The molecule has 1 atom stereocenters. The van der Waals surface area contributed by atoms with E-state index in [1.807, 2.05) is 31.2 Å². The van der Waals surface area contributed by atoms with Crippen LogP contribution in [0.15, 0.2) is 53.1 Å². The summed E-state index contributed by atoms with van der Waals surface area (Å²) in [6, 6.07) is 12.9. The van der Waals surface area contributed by atoms with Gasteiger partial charge in [0, 0.05) is 28.6 Å². The molecule has 0 bridgehead atoms. The van der Waals surface area contributed by atoms with E-state index >= 15 is 0 Å². The van der Waals surface area contributed by atoms with Gasteiger partial charge in [-0.25, -0.2) is 8.42 Å². The number of furan rings is 1. The van der Waals surface area contributed by atoms with Crippen molar-refractivity contribution >= 4 is 38.3 Å². The molecule has 7 heteroatoms. The van der Waals surface area contributed by atoms with Crippen molar-refractivity contribution in [1.29, 1.82) is 0 Å². The Morgan fingerprint density at radius 1 is 1.21 bits per heavy atom. The molecule has 1 aliphatic rings. The van der Waals surface area contributed by atoms with Crippen molar-refractivity contribution in [2.75, 3.05) is 11.5 Å². The smallest absolute Gasteiger partial charge is 0.227 e. The van der Waals surface area contributed by atoms with Crippen LogP contribution in [0.3, 0.4) is 0 Å². The lowest BCUT2D eigenvalue weighted by Gasteiger charge is -2.28. The Kier molecular flexibility index (Phi) is 5.40. The summed E-state index contributed by atoms with van der Waals surface area (Å²) in [6.45, 7) is 2.39. The van der Waals surface area contributed by atoms with Gasteiger partial charge < -0.3 is 9.32 Å². The van der Waals surface area contributed by atoms with Gasteiger partial charge >= 0.3 is 0 Å². The van der Waals surface area contributed by atoms with Gasteiger partial charge in [0.2, 0.25) is 5.91 Å². The minimum atomic E-state index is -3.11. The van der Waals surface area contributed by atoms with E-state index < -0.39 is 9.84 Å². The summed E-state index contributed by atoms with van der Waals surface area (Å²) >= 11 is 6.10. The summed E-state index contributed by atoms with van der Waals surface area (Å²) in [5.41, 5.74) is 3.54. The number of carbonyl (C=O) groups is 1. The molecular weight excluding hydrogens is 410 g/mol. The molecule has 1 fully saturated rings. The number of nitrogens with zero attached hydrogens (tertiary/aromatic N) is 1. The van der Waals surface area contributed by atoms with E-state index in [1.165, 1.54) is 0 Å². The number of hydrogen-bond donors (Lipinski definition) is 0. The average molecular weight is 432 g/mol. The second-order valence-corrected chi connectivity index (χ2v) is 10.3. The van der Waals surface area contributed by atoms with E-state index in [1.54, 1.807) is 29.4 Å². The van der Waals surface area contributed by atoms with E-state index in [4.69, 9.17) is 16.0 Å². The minimum Gasteiger partial charge on any atom is -0.464 e. The molecule has 0 N–H and O–H groups in total. The van der Waals surface area contributed by atoms with Crippen LogP contribution in [0.25, 0.3) is 11.0 Å². The number of hydrogen-bond acceptors (Lipinski definition) is 4. The lowest BCUT2D eigenvalue weighted by molar-refractivity contribution is -0.133. The van der Waals surface area contributed by atoms with Gasteiger partial charge in [-0.1, -0.05) is 41.4 Å². The highest BCUT2D eigenvalue weighted by molar-refractivity contribution is 7.91. The van der Waals surface area contributed by atoms with Crippen molar-refractivity contribution in [3.63, 3.8) is 0 Å². The van der Waals surface area contributed by atoms with Crippen LogP contribution in [0, 0.1) is 6.92 Å². The molecular formula is C22H22ClNO4S. The van der Waals surface area contributed by atoms with Crippen LogP contribution in [0.2, 0.25) is 5.02 Å². The molecule has 1 aromatic heterocycles. The Balaban J connectivity index is 1.61. The molecule has 0 spiro atoms. The highest BCUT2D eigenvalue weighted by atomic mass is 35.5. The number of fused-ring (bicyclic) bond motifs is 1. The standard InChI is InChI=1S/C22H22ClNO4S/c1-15-2-4-16(5-3-15)12-24(19-8-9-29(26,27)14-19)22(25)10-17-13-28-21-7-6-18(23)11-20(17)21/h2-7,11,13,19H,8-10,12,14H2,1H3. The van der Waals surface area contributed by atoms with Crippen LogP contribution in [-0.2, 0) is 27.6 Å². The Labute approximate surface area is 175 Å². The van der Waals surface area contributed by atoms with E-state index in [9.17, 15) is 13.2 Å². The van der Waals surface area contributed by atoms with Crippen LogP contribution in [0.1, 0.15) is 23.1 Å².